The molecule has 0 aromatic carbocycles. The molecular weight excluding hydrogens is 693 g/mol. The van der Waals surface area contributed by atoms with E-state index in [0.717, 1.165) is 57.8 Å². The van der Waals surface area contributed by atoms with E-state index in [-0.39, 0.29) is 13.0 Å². The first-order chi connectivity index (χ1) is 25.7. The Morgan fingerprint density at radius 3 is 1.64 bits per heavy atom. The number of aliphatic carboxylic acids is 1. The summed E-state index contributed by atoms with van der Waals surface area (Å²) in [5.74, 6) is -1.78. The molecule has 0 radical (unpaired) electrons. The second-order valence-electron chi connectivity index (χ2n) is 14.1. The standard InChI is InChI=1S/C42H78NO9P/c1-3-5-7-9-11-13-15-17-19-21-23-25-27-29-31-33-35-49-36-39(37-50-53(47,48)51-38-40(43)42(45)46)52-41(44)34-32-30-28-26-24-22-20-18-16-14-12-10-8-6-4-2/h5,7,11,13,17,19,39-40H,3-4,6,8-10,12,14-16,18,20-38,43H2,1-2H3,(H,45,46)(H,47,48)/b7-5-,13-11-,19-17-. The number of nitrogens with two attached hydrogens (primary N) is 1. The lowest BCUT2D eigenvalue weighted by atomic mass is 10.0. The fourth-order valence-electron chi connectivity index (χ4n) is 5.68. The third-order valence-electron chi connectivity index (χ3n) is 8.93. The van der Waals surface area contributed by atoms with E-state index in [4.69, 9.17) is 29.4 Å². The highest BCUT2D eigenvalue weighted by Crippen LogP contribution is 2.43. The first kappa shape index (κ1) is 51.2. The minimum absolute atomic E-state index is 0.0101. The largest absolute Gasteiger partial charge is 0.480 e. The Labute approximate surface area is 323 Å². The number of phosphoric ester groups is 1. The molecule has 0 aliphatic carbocycles. The van der Waals surface area contributed by atoms with Crippen LogP contribution in [0.1, 0.15) is 181 Å². The summed E-state index contributed by atoms with van der Waals surface area (Å²) in [5, 5.41) is 8.88. The molecule has 310 valence electrons. The van der Waals surface area contributed by atoms with Crippen molar-refractivity contribution in [1.29, 1.82) is 0 Å². The van der Waals surface area contributed by atoms with Crippen molar-refractivity contribution >= 4 is 19.8 Å². The van der Waals surface area contributed by atoms with Crippen LogP contribution in [-0.2, 0) is 32.7 Å². The lowest BCUT2D eigenvalue weighted by Crippen LogP contribution is -2.34. The van der Waals surface area contributed by atoms with Gasteiger partial charge in [0.2, 0.25) is 0 Å². The van der Waals surface area contributed by atoms with Crippen molar-refractivity contribution in [3.63, 3.8) is 0 Å². The minimum Gasteiger partial charge on any atom is -0.480 e. The molecule has 11 heteroatoms. The fraction of sp³-hybridized carbons (Fsp3) is 0.810. The van der Waals surface area contributed by atoms with Crippen LogP contribution in [0.3, 0.4) is 0 Å². The summed E-state index contributed by atoms with van der Waals surface area (Å²) in [7, 11) is -4.61. The van der Waals surface area contributed by atoms with Crippen molar-refractivity contribution in [3.05, 3.63) is 36.5 Å². The number of hydrogen-bond acceptors (Lipinski definition) is 8. The molecule has 3 unspecified atom stereocenters. The zero-order valence-corrected chi connectivity index (χ0v) is 34.5. The van der Waals surface area contributed by atoms with Gasteiger partial charge in [-0.3, -0.25) is 18.6 Å². The van der Waals surface area contributed by atoms with Crippen LogP contribution < -0.4 is 5.73 Å². The summed E-state index contributed by atoms with van der Waals surface area (Å²) in [5.41, 5.74) is 5.35. The van der Waals surface area contributed by atoms with Gasteiger partial charge in [0.05, 0.1) is 19.8 Å². The molecule has 53 heavy (non-hydrogen) atoms. The van der Waals surface area contributed by atoms with Gasteiger partial charge in [0, 0.05) is 13.0 Å². The molecule has 0 amide bonds. The van der Waals surface area contributed by atoms with Crippen molar-refractivity contribution in [2.75, 3.05) is 26.4 Å². The molecule has 4 N–H and O–H groups in total. The van der Waals surface area contributed by atoms with E-state index in [1.54, 1.807) is 0 Å². The third-order valence-corrected chi connectivity index (χ3v) is 9.88. The Kier molecular flexibility index (Phi) is 37.2. The Morgan fingerprint density at radius 2 is 1.09 bits per heavy atom. The third kappa shape index (κ3) is 38.3. The van der Waals surface area contributed by atoms with Crippen LogP contribution in [0.15, 0.2) is 36.5 Å². The number of hydrogen-bond donors (Lipinski definition) is 3. The SMILES string of the molecule is CC/C=C\C/C=C\C/C=C\CCCCCCCCOCC(COP(=O)(O)OCC(N)C(=O)O)OC(=O)CCCCCCCCCCCCCCCCC. The van der Waals surface area contributed by atoms with Crippen LogP contribution in [0.25, 0.3) is 0 Å². The number of carbonyl (C=O) groups excluding carboxylic acids is 1. The maximum Gasteiger partial charge on any atom is 0.472 e. The maximum absolute atomic E-state index is 12.6. The Hall–Kier alpha value is -1.81. The Balaban J connectivity index is 4.26. The van der Waals surface area contributed by atoms with Crippen LogP contribution in [-0.4, -0.2) is 60.5 Å². The van der Waals surface area contributed by atoms with E-state index in [2.05, 4.69) is 50.3 Å². The molecule has 10 nitrogen and oxygen atoms in total. The number of phosphoric acid groups is 1. The van der Waals surface area contributed by atoms with Gasteiger partial charge in [-0.05, 0) is 44.9 Å². The topological polar surface area (TPSA) is 155 Å². The smallest absolute Gasteiger partial charge is 0.472 e. The van der Waals surface area contributed by atoms with E-state index in [1.807, 2.05) is 0 Å². The van der Waals surface area contributed by atoms with Crippen molar-refractivity contribution in [2.24, 2.45) is 5.73 Å². The van der Waals surface area contributed by atoms with Crippen LogP contribution in [0, 0.1) is 0 Å². The zero-order chi connectivity index (χ0) is 39.1. The second-order valence-corrected chi connectivity index (χ2v) is 15.5. The van der Waals surface area contributed by atoms with Gasteiger partial charge in [-0.25, -0.2) is 4.57 Å². The van der Waals surface area contributed by atoms with Gasteiger partial charge in [-0.2, -0.15) is 0 Å². The van der Waals surface area contributed by atoms with Gasteiger partial charge in [0.1, 0.15) is 12.1 Å². The molecule has 0 fully saturated rings. The maximum atomic E-state index is 12.6. The molecule has 0 bridgehead atoms. The molecule has 0 aromatic rings. The van der Waals surface area contributed by atoms with Crippen molar-refractivity contribution in [3.8, 4) is 0 Å². The first-order valence-electron chi connectivity index (χ1n) is 21.0. The van der Waals surface area contributed by atoms with Gasteiger partial charge in [0.25, 0.3) is 0 Å². The molecule has 0 aromatic heterocycles. The number of ether oxygens (including phenoxy) is 2. The van der Waals surface area contributed by atoms with Crippen molar-refractivity contribution in [1.82, 2.24) is 0 Å². The van der Waals surface area contributed by atoms with Crippen LogP contribution in [0.5, 0.6) is 0 Å². The molecule has 0 saturated carbocycles. The average Bonchev–Trinajstić information content (AvgIpc) is 3.13. The fourth-order valence-corrected chi connectivity index (χ4v) is 6.45. The summed E-state index contributed by atoms with van der Waals surface area (Å²) in [6, 6.07) is -1.47. The predicted molar refractivity (Wildman–Crippen MR) is 217 cm³/mol. The normalized spacial score (nSPS) is 14.3. The number of carboxylic acids is 1. The molecule has 0 aliphatic heterocycles. The molecule has 0 aliphatic rings. The van der Waals surface area contributed by atoms with Crippen LogP contribution >= 0.6 is 7.82 Å². The Bertz CT molecular complexity index is 988. The summed E-state index contributed by atoms with van der Waals surface area (Å²) >= 11 is 0. The van der Waals surface area contributed by atoms with Gasteiger partial charge in [-0.1, -0.05) is 166 Å². The number of esters is 1. The second kappa shape index (κ2) is 38.5. The molecule has 0 saturated heterocycles. The van der Waals surface area contributed by atoms with E-state index in [0.29, 0.717) is 13.0 Å². The zero-order valence-electron chi connectivity index (χ0n) is 33.6. The van der Waals surface area contributed by atoms with Gasteiger partial charge in [0.15, 0.2) is 0 Å². The summed E-state index contributed by atoms with van der Waals surface area (Å²) in [6.45, 7) is 3.75. The summed E-state index contributed by atoms with van der Waals surface area (Å²) in [4.78, 5) is 33.5. The Morgan fingerprint density at radius 1 is 0.623 bits per heavy atom. The minimum atomic E-state index is -4.61. The average molecular weight is 772 g/mol. The van der Waals surface area contributed by atoms with Gasteiger partial charge >= 0.3 is 19.8 Å². The number of rotatable bonds is 40. The lowest BCUT2D eigenvalue weighted by molar-refractivity contribution is -0.154. The van der Waals surface area contributed by atoms with E-state index >= 15 is 0 Å². The van der Waals surface area contributed by atoms with E-state index < -0.39 is 45.1 Å². The summed E-state index contributed by atoms with van der Waals surface area (Å²) in [6.07, 6.45) is 41.9. The molecular formula is C42H78NO9P. The number of carbonyl (C=O) groups is 2. The van der Waals surface area contributed by atoms with Crippen LogP contribution in [0.2, 0.25) is 0 Å². The van der Waals surface area contributed by atoms with Crippen molar-refractivity contribution in [2.45, 2.75) is 193 Å². The highest BCUT2D eigenvalue weighted by molar-refractivity contribution is 7.47. The highest BCUT2D eigenvalue weighted by Gasteiger charge is 2.27. The van der Waals surface area contributed by atoms with E-state index in [1.165, 1.54) is 96.3 Å². The molecule has 3 atom stereocenters. The number of allylic oxidation sites excluding steroid dienone is 6. The quantitative estimate of drug-likeness (QED) is 0.0237. The molecule has 0 heterocycles. The first-order valence-corrected chi connectivity index (χ1v) is 22.5. The molecule has 0 rings (SSSR count). The monoisotopic (exact) mass is 772 g/mol. The van der Waals surface area contributed by atoms with Gasteiger partial charge in [-0.15, -0.1) is 0 Å². The predicted octanol–water partition coefficient (Wildman–Crippen LogP) is 11.3. The lowest BCUT2D eigenvalue weighted by Gasteiger charge is -2.20. The summed E-state index contributed by atoms with van der Waals surface area (Å²) < 4.78 is 33.3. The van der Waals surface area contributed by atoms with Crippen LogP contribution in [0.4, 0.5) is 0 Å². The van der Waals surface area contributed by atoms with Gasteiger partial charge < -0.3 is 25.2 Å². The number of carboxylic acid groups (broad SMARTS) is 1. The molecule has 0 spiro atoms. The van der Waals surface area contributed by atoms with E-state index in [9.17, 15) is 19.0 Å². The highest BCUT2D eigenvalue weighted by atomic mass is 31.2. The number of unbranched alkanes of at least 4 members (excludes halogenated alkanes) is 20. The van der Waals surface area contributed by atoms with Crippen molar-refractivity contribution < 1.29 is 42.7 Å².